The second-order valence-corrected chi connectivity index (χ2v) is 10.4. The van der Waals surface area contributed by atoms with Crippen molar-refractivity contribution in [2.45, 2.75) is 37.8 Å². The van der Waals surface area contributed by atoms with Crippen molar-refractivity contribution in [1.82, 2.24) is 25.2 Å². The number of piperazine rings is 1. The topological polar surface area (TPSA) is 104 Å². The van der Waals surface area contributed by atoms with Crippen LogP contribution in [-0.2, 0) is 4.79 Å². The first-order valence-corrected chi connectivity index (χ1v) is 13.6. The van der Waals surface area contributed by atoms with E-state index < -0.39 is 0 Å². The van der Waals surface area contributed by atoms with Crippen molar-refractivity contribution < 1.29 is 9.53 Å². The van der Waals surface area contributed by atoms with Crippen LogP contribution in [0.1, 0.15) is 25.7 Å². The molecule has 200 valence electrons. The Labute approximate surface area is 232 Å². The van der Waals surface area contributed by atoms with Gasteiger partial charge in [0, 0.05) is 41.4 Å². The first kappa shape index (κ1) is 25.3. The molecule has 1 aliphatic carbocycles. The fraction of sp³-hybridized carbons (Fsp3) is 0.310. The minimum absolute atomic E-state index is 0.134. The normalized spacial score (nSPS) is 19.9. The van der Waals surface area contributed by atoms with Gasteiger partial charge >= 0.3 is 0 Å². The number of nitrogens with one attached hydrogen (secondary N) is 3. The fourth-order valence-electron chi connectivity index (χ4n) is 5.24. The number of halogens is 1. The average Bonchev–Trinajstić information content (AvgIpc) is 2.94. The number of rotatable bonds is 7. The first-order chi connectivity index (χ1) is 19.1. The van der Waals surface area contributed by atoms with Gasteiger partial charge in [-0.2, -0.15) is 4.98 Å². The number of hydrogen-bond acceptors (Lipinski definition) is 8. The number of aromatic nitrogens is 3. The molecule has 2 aromatic heterocycles. The van der Waals surface area contributed by atoms with Crippen LogP contribution < -0.4 is 20.7 Å². The Balaban J connectivity index is 1.02. The molecule has 2 aromatic carbocycles. The van der Waals surface area contributed by atoms with Gasteiger partial charge in [-0.15, -0.1) is 0 Å². The van der Waals surface area contributed by atoms with Crippen molar-refractivity contribution in [3.8, 4) is 5.75 Å². The van der Waals surface area contributed by atoms with Crippen molar-refractivity contribution in [2.75, 3.05) is 30.3 Å². The van der Waals surface area contributed by atoms with E-state index in [4.69, 9.17) is 16.3 Å². The monoisotopic (exact) mass is 543 g/mol. The molecule has 2 aliphatic rings. The molecule has 10 heteroatoms. The van der Waals surface area contributed by atoms with Gasteiger partial charge in [0.15, 0.2) is 0 Å². The molecule has 1 amide bonds. The Kier molecular flexibility index (Phi) is 7.42. The van der Waals surface area contributed by atoms with E-state index in [0.717, 1.165) is 66.8 Å². The lowest BCUT2D eigenvalue weighted by molar-refractivity contribution is -0.125. The van der Waals surface area contributed by atoms with Crippen LogP contribution in [0.5, 0.6) is 5.75 Å². The number of benzene rings is 2. The van der Waals surface area contributed by atoms with Gasteiger partial charge in [-0.25, -0.2) is 4.98 Å². The molecule has 4 aromatic rings. The third-order valence-electron chi connectivity index (χ3n) is 7.21. The molecule has 0 radical (unpaired) electrons. The van der Waals surface area contributed by atoms with Gasteiger partial charge in [0.2, 0.25) is 11.9 Å². The second kappa shape index (κ2) is 11.4. The number of anilines is 4. The lowest BCUT2D eigenvalue weighted by atomic mass is 9.91. The lowest BCUT2D eigenvalue weighted by Gasteiger charge is -2.38. The molecule has 1 saturated heterocycles. The van der Waals surface area contributed by atoms with E-state index in [1.807, 2.05) is 48.5 Å². The predicted molar refractivity (Wildman–Crippen MR) is 153 cm³/mol. The maximum atomic E-state index is 11.7. The summed E-state index contributed by atoms with van der Waals surface area (Å²) in [4.78, 5) is 27.4. The summed E-state index contributed by atoms with van der Waals surface area (Å²) < 4.78 is 6.26. The van der Waals surface area contributed by atoms with Crippen molar-refractivity contribution >= 4 is 51.6 Å². The van der Waals surface area contributed by atoms with Crippen molar-refractivity contribution in [2.24, 2.45) is 0 Å². The minimum atomic E-state index is 0.134. The number of amides is 1. The maximum Gasteiger partial charge on any atom is 0.234 e. The van der Waals surface area contributed by atoms with Gasteiger partial charge in [-0.05, 0) is 80.3 Å². The summed E-state index contributed by atoms with van der Waals surface area (Å²) in [5.41, 5.74) is 2.56. The van der Waals surface area contributed by atoms with Crippen LogP contribution in [0, 0.1) is 0 Å². The number of pyridine rings is 1. The fourth-order valence-corrected chi connectivity index (χ4v) is 5.42. The van der Waals surface area contributed by atoms with Gasteiger partial charge in [0.25, 0.3) is 0 Å². The van der Waals surface area contributed by atoms with E-state index in [1.165, 1.54) is 0 Å². The molecule has 0 bridgehead atoms. The number of nitrogens with zero attached hydrogens (tertiary/aromatic N) is 4. The zero-order valence-corrected chi connectivity index (χ0v) is 22.2. The third kappa shape index (κ3) is 6.38. The van der Waals surface area contributed by atoms with Crippen LogP contribution >= 0.6 is 11.6 Å². The highest BCUT2D eigenvalue weighted by Crippen LogP contribution is 2.28. The molecule has 2 fully saturated rings. The first-order valence-electron chi connectivity index (χ1n) is 13.3. The van der Waals surface area contributed by atoms with Crippen LogP contribution in [0.2, 0.25) is 5.02 Å². The molecular weight excluding hydrogens is 514 g/mol. The number of carbonyl (C=O) groups excluding carboxylic acids is 1. The van der Waals surface area contributed by atoms with Crippen LogP contribution in [-0.4, -0.2) is 57.5 Å². The van der Waals surface area contributed by atoms with Gasteiger partial charge in [0.1, 0.15) is 11.6 Å². The summed E-state index contributed by atoms with van der Waals surface area (Å²) in [6.07, 6.45) is 7.78. The minimum Gasteiger partial charge on any atom is -0.490 e. The maximum absolute atomic E-state index is 11.7. The van der Waals surface area contributed by atoms with Crippen LogP contribution in [0.15, 0.2) is 67.0 Å². The molecule has 0 atom stereocenters. The van der Waals surface area contributed by atoms with Gasteiger partial charge in [-0.1, -0.05) is 11.6 Å². The lowest BCUT2D eigenvalue weighted by Crippen LogP contribution is -2.52. The number of hydrogen-bond donors (Lipinski definition) is 3. The van der Waals surface area contributed by atoms with Crippen molar-refractivity contribution in [3.63, 3.8) is 0 Å². The standard InChI is InChI=1S/C29H30ClN7O2/c30-20-1-10-26-19(15-20)16-22(17-33-26)34-27-11-12-32-29(36-27)35-21-2-6-24(7-3-21)39-25-8-4-23(5-9-25)37-14-13-31-28(38)18-37/h1-3,6-7,10-12,15-17,23,25H,4-5,8-9,13-14,18H2,(H,31,38)(H2,32,34,35,36). The molecule has 6 rings (SSSR count). The Bertz CT molecular complexity index is 1460. The van der Waals surface area contributed by atoms with Crippen LogP contribution in [0.3, 0.4) is 0 Å². The van der Waals surface area contributed by atoms with E-state index in [0.29, 0.717) is 29.4 Å². The summed E-state index contributed by atoms with van der Waals surface area (Å²) in [7, 11) is 0. The molecule has 39 heavy (non-hydrogen) atoms. The molecule has 9 nitrogen and oxygen atoms in total. The molecule has 3 heterocycles. The van der Waals surface area contributed by atoms with Gasteiger partial charge in [0.05, 0.1) is 30.0 Å². The molecule has 1 saturated carbocycles. The van der Waals surface area contributed by atoms with E-state index in [1.54, 1.807) is 18.5 Å². The molecule has 1 aliphatic heterocycles. The predicted octanol–water partition coefficient (Wildman–Crippen LogP) is 5.29. The van der Waals surface area contributed by atoms with E-state index in [2.05, 4.69) is 35.8 Å². The highest BCUT2D eigenvalue weighted by Gasteiger charge is 2.29. The summed E-state index contributed by atoms with van der Waals surface area (Å²) in [5, 5.41) is 11.1. The number of carbonyl (C=O) groups is 1. The summed E-state index contributed by atoms with van der Waals surface area (Å²) in [6, 6.07) is 17.7. The Morgan fingerprint density at radius 3 is 2.62 bits per heavy atom. The Hall–Kier alpha value is -3.95. The molecule has 3 N–H and O–H groups in total. The Morgan fingerprint density at radius 2 is 1.79 bits per heavy atom. The molecular formula is C29H30ClN7O2. The van der Waals surface area contributed by atoms with Crippen molar-refractivity contribution in [1.29, 1.82) is 0 Å². The summed E-state index contributed by atoms with van der Waals surface area (Å²) in [6.45, 7) is 2.21. The van der Waals surface area contributed by atoms with E-state index in [9.17, 15) is 4.79 Å². The highest BCUT2D eigenvalue weighted by atomic mass is 35.5. The molecule has 0 unspecified atom stereocenters. The zero-order chi connectivity index (χ0) is 26.6. The van der Waals surface area contributed by atoms with Crippen molar-refractivity contribution in [3.05, 3.63) is 72.0 Å². The quantitative estimate of drug-likeness (QED) is 0.289. The number of fused-ring (bicyclic) bond motifs is 1. The van der Waals surface area contributed by atoms with Gasteiger partial charge < -0.3 is 20.7 Å². The smallest absolute Gasteiger partial charge is 0.234 e. The average molecular weight is 544 g/mol. The van der Waals surface area contributed by atoms with Crippen LogP contribution in [0.4, 0.5) is 23.1 Å². The SMILES string of the molecule is O=C1CN(C2CCC(Oc3ccc(Nc4nccc(Nc5cnc6ccc(Cl)cc6c5)n4)cc3)CC2)CCN1. The summed E-state index contributed by atoms with van der Waals surface area (Å²) in [5.74, 6) is 2.11. The van der Waals surface area contributed by atoms with E-state index in [-0.39, 0.29) is 12.0 Å². The zero-order valence-electron chi connectivity index (χ0n) is 21.4. The highest BCUT2D eigenvalue weighted by molar-refractivity contribution is 6.31. The second-order valence-electron chi connectivity index (χ2n) is 9.97. The summed E-state index contributed by atoms with van der Waals surface area (Å²) >= 11 is 6.13. The third-order valence-corrected chi connectivity index (χ3v) is 7.45. The van der Waals surface area contributed by atoms with Crippen LogP contribution in [0.25, 0.3) is 10.9 Å². The molecule has 0 spiro atoms. The Morgan fingerprint density at radius 1 is 0.949 bits per heavy atom. The van der Waals surface area contributed by atoms with Gasteiger partial charge in [-0.3, -0.25) is 14.7 Å². The van der Waals surface area contributed by atoms with E-state index >= 15 is 0 Å². The largest absolute Gasteiger partial charge is 0.490 e. The number of ether oxygens (including phenoxy) is 1.